The number of likely N-dealkylation sites (tertiary alicyclic amines) is 1. The Balaban J connectivity index is 1.77. The summed E-state index contributed by atoms with van der Waals surface area (Å²) in [6.45, 7) is 1.77. The van der Waals surface area contributed by atoms with Gasteiger partial charge in [0.1, 0.15) is 5.82 Å². The van der Waals surface area contributed by atoms with E-state index in [1.165, 1.54) is 0 Å². The monoisotopic (exact) mass is 303 g/mol. The van der Waals surface area contributed by atoms with Crippen molar-refractivity contribution in [3.63, 3.8) is 0 Å². The smallest absolute Gasteiger partial charge is 0.228 e. The van der Waals surface area contributed by atoms with E-state index in [1.54, 1.807) is 0 Å². The third kappa shape index (κ3) is 3.10. The Hall–Kier alpha value is -1.81. The highest BCUT2D eigenvalue weighted by Crippen LogP contribution is 2.21. The number of carbonyl (C=O) groups is 1. The minimum absolute atomic E-state index is 0.174. The van der Waals surface area contributed by atoms with Crippen LogP contribution in [-0.4, -0.2) is 33.4 Å². The molecule has 2 heterocycles. The predicted molar refractivity (Wildman–Crippen MR) is 83.2 cm³/mol. The number of imidazole rings is 1. The van der Waals surface area contributed by atoms with Gasteiger partial charge >= 0.3 is 0 Å². The van der Waals surface area contributed by atoms with Gasteiger partial charge in [-0.05, 0) is 37.1 Å². The second kappa shape index (κ2) is 5.90. The van der Waals surface area contributed by atoms with Gasteiger partial charge in [-0.3, -0.25) is 4.79 Å². The lowest BCUT2D eigenvalue weighted by Gasteiger charge is -2.13. The molecule has 2 aromatic rings. The Kier molecular flexibility index (Phi) is 3.97. The summed E-state index contributed by atoms with van der Waals surface area (Å²) in [5.74, 6) is 1.03. The molecule has 0 N–H and O–H groups in total. The minimum Gasteiger partial charge on any atom is -0.342 e. The van der Waals surface area contributed by atoms with E-state index in [9.17, 15) is 4.79 Å². The summed E-state index contributed by atoms with van der Waals surface area (Å²) in [6.07, 6.45) is 4.54. The van der Waals surface area contributed by atoms with Gasteiger partial charge in [-0.15, -0.1) is 0 Å². The summed E-state index contributed by atoms with van der Waals surface area (Å²) in [7, 11) is 1.95. The summed E-state index contributed by atoms with van der Waals surface area (Å²) >= 11 is 5.91. The maximum absolute atomic E-state index is 12.2. The summed E-state index contributed by atoms with van der Waals surface area (Å²) in [6, 6.07) is 7.58. The SMILES string of the molecule is Cn1cc(CC(=O)N2CCCC2)nc1-c1ccc(Cl)cc1. The fourth-order valence-electron chi connectivity index (χ4n) is 2.71. The van der Waals surface area contributed by atoms with Crippen LogP contribution in [0.3, 0.4) is 0 Å². The van der Waals surface area contributed by atoms with Crippen molar-refractivity contribution >= 4 is 17.5 Å². The quantitative estimate of drug-likeness (QED) is 0.874. The van der Waals surface area contributed by atoms with Crippen LogP contribution in [0.4, 0.5) is 0 Å². The fraction of sp³-hybridized carbons (Fsp3) is 0.375. The Morgan fingerprint density at radius 1 is 1.24 bits per heavy atom. The van der Waals surface area contributed by atoms with Crippen LogP contribution in [-0.2, 0) is 18.3 Å². The molecular weight excluding hydrogens is 286 g/mol. The average Bonchev–Trinajstić information content (AvgIpc) is 3.10. The fourth-order valence-corrected chi connectivity index (χ4v) is 2.84. The van der Waals surface area contributed by atoms with Crippen molar-refractivity contribution in [3.8, 4) is 11.4 Å². The molecule has 0 atom stereocenters. The van der Waals surface area contributed by atoms with Crippen molar-refractivity contribution in [2.24, 2.45) is 7.05 Å². The van der Waals surface area contributed by atoms with E-state index < -0.39 is 0 Å². The minimum atomic E-state index is 0.174. The first-order chi connectivity index (χ1) is 10.1. The largest absolute Gasteiger partial charge is 0.342 e. The van der Waals surface area contributed by atoms with Gasteiger partial charge in [0.05, 0.1) is 12.1 Å². The van der Waals surface area contributed by atoms with Crippen molar-refractivity contribution in [2.75, 3.05) is 13.1 Å². The molecule has 5 heteroatoms. The van der Waals surface area contributed by atoms with Gasteiger partial charge in [0, 0.05) is 36.9 Å². The molecule has 0 aliphatic carbocycles. The highest BCUT2D eigenvalue weighted by molar-refractivity contribution is 6.30. The number of nitrogens with zero attached hydrogens (tertiary/aromatic N) is 3. The van der Waals surface area contributed by atoms with Crippen LogP contribution in [0.25, 0.3) is 11.4 Å². The number of amides is 1. The molecule has 1 saturated heterocycles. The van der Waals surface area contributed by atoms with Gasteiger partial charge in [-0.2, -0.15) is 0 Å². The maximum atomic E-state index is 12.2. The zero-order valence-corrected chi connectivity index (χ0v) is 12.8. The van der Waals surface area contributed by atoms with E-state index in [1.807, 2.05) is 47.0 Å². The number of halogens is 1. The zero-order valence-electron chi connectivity index (χ0n) is 12.1. The molecule has 21 heavy (non-hydrogen) atoms. The number of benzene rings is 1. The van der Waals surface area contributed by atoms with E-state index in [2.05, 4.69) is 4.98 Å². The normalized spacial score (nSPS) is 14.7. The van der Waals surface area contributed by atoms with Crippen LogP contribution < -0.4 is 0 Å². The Morgan fingerprint density at radius 3 is 2.57 bits per heavy atom. The standard InChI is InChI=1S/C16H18ClN3O/c1-19-11-14(10-15(21)20-8-2-3-9-20)18-16(19)12-4-6-13(17)7-5-12/h4-7,11H,2-3,8-10H2,1H3. The first-order valence-corrected chi connectivity index (χ1v) is 7.57. The molecule has 1 aromatic carbocycles. The van der Waals surface area contributed by atoms with Crippen molar-refractivity contribution in [1.29, 1.82) is 0 Å². The molecule has 1 fully saturated rings. The summed E-state index contributed by atoms with van der Waals surface area (Å²) < 4.78 is 1.95. The second-order valence-electron chi connectivity index (χ2n) is 5.44. The van der Waals surface area contributed by atoms with Gasteiger partial charge in [0.2, 0.25) is 5.91 Å². The summed E-state index contributed by atoms with van der Waals surface area (Å²) in [4.78, 5) is 18.7. The molecule has 1 aliphatic rings. The lowest BCUT2D eigenvalue weighted by molar-refractivity contribution is -0.129. The second-order valence-corrected chi connectivity index (χ2v) is 5.87. The molecule has 1 aromatic heterocycles. The van der Waals surface area contributed by atoms with Crippen molar-refractivity contribution in [3.05, 3.63) is 41.2 Å². The topological polar surface area (TPSA) is 38.1 Å². The van der Waals surface area contributed by atoms with Gasteiger partial charge in [0.25, 0.3) is 0 Å². The van der Waals surface area contributed by atoms with E-state index in [-0.39, 0.29) is 5.91 Å². The molecular formula is C16H18ClN3O. The molecule has 3 rings (SSSR count). The number of aryl methyl sites for hydroxylation is 1. The average molecular weight is 304 g/mol. The van der Waals surface area contributed by atoms with Crippen molar-refractivity contribution in [1.82, 2.24) is 14.5 Å². The summed E-state index contributed by atoms with van der Waals surface area (Å²) in [5.41, 5.74) is 1.82. The Labute approximate surface area is 129 Å². The molecule has 110 valence electrons. The zero-order chi connectivity index (χ0) is 14.8. The molecule has 4 nitrogen and oxygen atoms in total. The van der Waals surface area contributed by atoms with Crippen LogP contribution >= 0.6 is 11.6 Å². The van der Waals surface area contributed by atoms with Crippen LogP contribution in [0, 0.1) is 0 Å². The van der Waals surface area contributed by atoms with Crippen LogP contribution in [0.15, 0.2) is 30.5 Å². The number of hydrogen-bond acceptors (Lipinski definition) is 2. The third-order valence-electron chi connectivity index (χ3n) is 3.82. The predicted octanol–water partition coefficient (Wildman–Crippen LogP) is 2.91. The van der Waals surface area contributed by atoms with Gasteiger partial charge in [0.15, 0.2) is 0 Å². The molecule has 0 unspecified atom stereocenters. The van der Waals surface area contributed by atoms with Crippen LogP contribution in [0.1, 0.15) is 18.5 Å². The first kappa shape index (κ1) is 14.1. The first-order valence-electron chi connectivity index (χ1n) is 7.19. The van der Waals surface area contributed by atoms with E-state index in [0.29, 0.717) is 11.4 Å². The molecule has 0 spiro atoms. The highest BCUT2D eigenvalue weighted by atomic mass is 35.5. The van der Waals surface area contributed by atoms with Gasteiger partial charge in [-0.25, -0.2) is 4.98 Å². The third-order valence-corrected chi connectivity index (χ3v) is 4.07. The highest BCUT2D eigenvalue weighted by Gasteiger charge is 2.19. The number of aromatic nitrogens is 2. The molecule has 0 saturated carbocycles. The Morgan fingerprint density at radius 2 is 1.90 bits per heavy atom. The Bertz CT molecular complexity index is 642. The molecule has 0 radical (unpaired) electrons. The summed E-state index contributed by atoms with van der Waals surface area (Å²) in [5, 5.41) is 0.706. The van der Waals surface area contributed by atoms with Crippen LogP contribution in [0.5, 0.6) is 0 Å². The molecule has 1 amide bonds. The number of rotatable bonds is 3. The van der Waals surface area contributed by atoms with E-state index in [4.69, 9.17) is 11.6 Å². The molecule has 0 bridgehead atoms. The van der Waals surface area contributed by atoms with Gasteiger partial charge in [-0.1, -0.05) is 11.6 Å². The lowest BCUT2D eigenvalue weighted by Crippen LogP contribution is -2.29. The van der Waals surface area contributed by atoms with Crippen molar-refractivity contribution < 1.29 is 4.79 Å². The van der Waals surface area contributed by atoms with Gasteiger partial charge < -0.3 is 9.47 Å². The number of carbonyl (C=O) groups excluding carboxylic acids is 1. The number of hydrogen-bond donors (Lipinski definition) is 0. The molecule has 1 aliphatic heterocycles. The van der Waals surface area contributed by atoms with Crippen LogP contribution in [0.2, 0.25) is 5.02 Å². The lowest BCUT2D eigenvalue weighted by atomic mass is 10.2. The maximum Gasteiger partial charge on any atom is 0.228 e. The van der Waals surface area contributed by atoms with Crippen molar-refractivity contribution in [2.45, 2.75) is 19.3 Å². The van der Waals surface area contributed by atoms with E-state index >= 15 is 0 Å². The van der Waals surface area contributed by atoms with E-state index in [0.717, 1.165) is 43.0 Å².